The van der Waals surface area contributed by atoms with Crippen molar-refractivity contribution in [2.24, 2.45) is 5.92 Å². The number of carbonyl (C=O) groups is 4. The Morgan fingerprint density at radius 3 is 2.44 bits per heavy atom. The topological polar surface area (TPSA) is 155 Å². The number of rotatable bonds is 8. The molecule has 1 fully saturated rings. The van der Waals surface area contributed by atoms with Crippen molar-refractivity contribution in [1.82, 2.24) is 10.6 Å². The summed E-state index contributed by atoms with van der Waals surface area (Å²) in [6.07, 6.45) is -0.0570. The van der Waals surface area contributed by atoms with Crippen LogP contribution in [0.15, 0.2) is 57.7 Å². The molecule has 0 aliphatic carbocycles. The third-order valence-corrected chi connectivity index (χ3v) is 6.83. The summed E-state index contributed by atoms with van der Waals surface area (Å²) in [5.41, 5.74) is -1.16. The highest BCUT2D eigenvalue weighted by Gasteiger charge is 2.50. The lowest BCUT2D eigenvalue weighted by atomic mass is 9.79. The van der Waals surface area contributed by atoms with Crippen LogP contribution in [-0.4, -0.2) is 40.2 Å². The van der Waals surface area contributed by atoms with E-state index in [9.17, 15) is 29.1 Å². The number of Topliss-reactive ketones (excluding diaryl/α,β-unsaturated/α-hetero) is 1. The van der Waals surface area contributed by atoms with Gasteiger partial charge in [0.15, 0.2) is 11.3 Å². The van der Waals surface area contributed by atoms with Crippen molar-refractivity contribution in [2.45, 2.75) is 58.0 Å². The Labute approximate surface area is 224 Å². The van der Waals surface area contributed by atoms with Crippen LogP contribution < -0.4 is 21.6 Å². The third-order valence-electron chi connectivity index (χ3n) is 6.83. The largest absolute Gasteiger partial charge is 0.508 e. The Morgan fingerprint density at radius 1 is 1.05 bits per heavy atom. The summed E-state index contributed by atoms with van der Waals surface area (Å²) in [5, 5.41) is 18.1. The van der Waals surface area contributed by atoms with Gasteiger partial charge in [0.1, 0.15) is 23.1 Å². The van der Waals surface area contributed by atoms with E-state index < -0.39 is 40.7 Å². The predicted octanol–water partition coefficient (Wildman–Crippen LogP) is 2.74. The van der Waals surface area contributed by atoms with Crippen molar-refractivity contribution in [1.29, 1.82) is 0 Å². The van der Waals surface area contributed by atoms with Gasteiger partial charge in [-0.2, -0.15) is 0 Å². The summed E-state index contributed by atoms with van der Waals surface area (Å²) in [7, 11) is 0. The van der Waals surface area contributed by atoms with E-state index in [0.717, 1.165) is 0 Å². The van der Waals surface area contributed by atoms with Gasteiger partial charge < -0.3 is 25.5 Å². The second-order valence-corrected chi connectivity index (χ2v) is 10.2. The maximum Gasteiger partial charge on any atom is 0.360 e. The van der Waals surface area contributed by atoms with Crippen molar-refractivity contribution in [3.63, 3.8) is 0 Å². The molecule has 2 atom stereocenters. The molecule has 0 saturated carbocycles. The van der Waals surface area contributed by atoms with Crippen molar-refractivity contribution in [3.8, 4) is 5.75 Å². The summed E-state index contributed by atoms with van der Waals surface area (Å²) < 4.78 is 5.37. The highest BCUT2D eigenvalue weighted by Crippen LogP contribution is 2.26. The first-order valence-electron chi connectivity index (χ1n) is 12.8. The zero-order chi connectivity index (χ0) is 28.3. The summed E-state index contributed by atoms with van der Waals surface area (Å²) >= 11 is 0. The number of amides is 3. The van der Waals surface area contributed by atoms with Crippen molar-refractivity contribution in [2.75, 3.05) is 5.32 Å². The van der Waals surface area contributed by atoms with Crippen LogP contribution in [-0.2, 0) is 25.6 Å². The summed E-state index contributed by atoms with van der Waals surface area (Å²) in [5.74, 6) is -2.45. The number of carbonyl (C=O) groups excluding carboxylic acids is 4. The molecular weight excluding hydrogens is 502 g/mol. The minimum absolute atomic E-state index is 0.0135. The highest BCUT2D eigenvalue weighted by molar-refractivity contribution is 6.16. The summed E-state index contributed by atoms with van der Waals surface area (Å²) in [6, 6.07) is 11.7. The van der Waals surface area contributed by atoms with Gasteiger partial charge in [-0.15, -0.1) is 0 Å². The molecule has 4 rings (SSSR count). The first-order chi connectivity index (χ1) is 18.5. The quantitative estimate of drug-likeness (QED) is 0.256. The van der Waals surface area contributed by atoms with E-state index >= 15 is 0 Å². The Balaban J connectivity index is 1.69. The van der Waals surface area contributed by atoms with Gasteiger partial charge in [0.25, 0.3) is 5.91 Å². The zero-order valence-corrected chi connectivity index (χ0v) is 22.0. The van der Waals surface area contributed by atoms with Gasteiger partial charge in [-0.05, 0) is 48.6 Å². The maximum atomic E-state index is 13.7. The molecule has 10 heteroatoms. The number of para-hydroxylation sites is 1. The van der Waals surface area contributed by atoms with E-state index in [4.69, 9.17) is 4.42 Å². The molecule has 1 aliphatic heterocycles. The monoisotopic (exact) mass is 533 g/mol. The van der Waals surface area contributed by atoms with Crippen LogP contribution in [0.5, 0.6) is 5.75 Å². The van der Waals surface area contributed by atoms with Crippen LogP contribution >= 0.6 is 0 Å². The standard InChI is InChI=1S/C29H31N3O7/c1-16(2)15-29(23(34)12-13-24(35)32-29)28(38)30-21(14-18-8-10-19(33)11-9-18)26(36)31-25-17(3)20-6-4-5-7-22(20)39-27(25)37/h4-11,16,21,33H,12-15H2,1-3H3,(H,30,38)(H,31,36)(H,32,35)/t21-,29+/m0/s1. The number of benzene rings is 2. The van der Waals surface area contributed by atoms with E-state index in [1.165, 1.54) is 12.1 Å². The van der Waals surface area contributed by atoms with Gasteiger partial charge in [-0.1, -0.05) is 44.2 Å². The number of fused-ring (bicyclic) bond motifs is 1. The normalized spacial score (nSPS) is 18.1. The van der Waals surface area contributed by atoms with Crippen LogP contribution in [0.3, 0.4) is 0 Å². The van der Waals surface area contributed by atoms with Crippen molar-refractivity contribution < 1.29 is 28.7 Å². The smallest absolute Gasteiger partial charge is 0.360 e. The molecule has 4 N–H and O–H groups in total. The molecule has 10 nitrogen and oxygen atoms in total. The average molecular weight is 534 g/mol. The average Bonchev–Trinajstić information content (AvgIpc) is 2.89. The lowest BCUT2D eigenvalue weighted by molar-refractivity contribution is -0.147. The number of nitrogens with one attached hydrogen (secondary N) is 3. The van der Waals surface area contributed by atoms with Crippen LogP contribution in [0.2, 0.25) is 0 Å². The molecule has 0 spiro atoms. The number of hydrogen-bond acceptors (Lipinski definition) is 7. The number of phenolic OH excluding ortho intramolecular Hbond substituents is 1. The fourth-order valence-electron chi connectivity index (χ4n) is 4.88. The number of anilines is 1. The molecule has 3 aromatic rings. The first-order valence-corrected chi connectivity index (χ1v) is 12.8. The van der Waals surface area contributed by atoms with Gasteiger partial charge >= 0.3 is 5.63 Å². The SMILES string of the molecule is Cc1c(NC(=O)[C@H](Cc2ccc(O)cc2)NC(=O)[C@]2(CC(C)C)NC(=O)CCC2=O)c(=O)oc2ccccc12. The molecule has 1 aliphatic rings. The Morgan fingerprint density at radius 2 is 1.74 bits per heavy atom. The van der Waals surface area contributed by atoms with Gasteiger partial charge in [-0.3, -0.25) is 19.2 Å². The Bertz CT molecular complexity index is 1490. The number of phenols is 1. The minimum atomic E-state index is -1.81. The molecule has 39 heavy (non-hydrogen) atoms. The molecule has 1 saturated heterocycles. The molecule has 204 valence electrons. The maximum absolute atomic E-state index is 13.7. The van der Waals surface area contributed by atoms with E-state index in [1.807, 2.05) is 13.8 Å². The molecule has 0 unspecified atom stereocenters. The highest BCUT2D eigenvalue weighted by atomic mass is 16.4. The fraction of sp³-hybridized carbons (Fsp3) is 0.345. The molecule has 0 radical (unpaired) electrons. The molecule has 2 heterocycles. The number of aromatic hydroxyl groups is 1. The Kier molecular flexibility index (Phi) is 7.85. The third kappa shape index (κ3) is 5.84. The molecule has 1 aromatic heterocycles. The molecule has 2 aromatic carbocycles. The summed E-state index contributed by atoms with van der Waals surface area (Å²) in [4.78, 5) is 65.3. The first kappa shape index (κ1) is 27.6. The minimum Gasteiger partial charge on any atom is -0.508 e. The molecule has 0 bridgehead atoms. The van der Waals surface area contributed by atoms with Gasteiger partial charge in [-0.25, -0.2) is 4.79 Å². The van der Waals surface area contributed by atoms with Crippen LogP contribution in [0, 0.1) is 12.8 Å². The lowest BCUT2D eigenvalue weighted by Gasteiger charge is -2.37. The summed E-state index contributed by atoms with van der Waals surface area (Å²) in [6.45, 7) is 5.33. The second kappa shape index (κ2) is 11.1. The fourth-order valence-corrected chi connectivity index (χ4v) is 4.88. The number of ketones is 1. The van der Waals surface area contributed by atoms with Gasteiger partial charge in [0.2, 0.25) is 11.8 Å². The van der Waals surface area contributed by atoms with E-state index in [0.29, 0.717) is 22.1 Å². The Hall–Kier alpha value is -4.47. The molecule has 3 amide bonds. The number of piperidine rings is 1. The van der Waals surface area contributed by atoms with E-state index in [1.54, 1.807) is 43.3 Å². The van der Waals surface area contributed by atoms with Crippen molar-refractivity contribution in [3.05, 3.63) is 70.1 Å². The number of hydrogen-bond donors (Lipinski definition) is 4. The van der Waals surface area contributed by atoms with E-state index in [-0.39, 0.29) is 43.0 Å². The lowest BCUT2D eigenvalue weighted by Crippen LogP contribution is -2.68. The van der Waals surface area contributed by atoms with E-state index in [2.05, 4.69) is 16.0 Å². The van der Waals surface area contributed by atoms with Crippen molar-refractivity contribution >= 4 is 40.2 Å². The molecular formula is C29H31N3O7. The van der Waals surface area contributed by atoms with Crippen LogP contribution in [0.1, 0.15) is 44.2 Å². The second-order valence-electron chi connectivity index (χ2n) is 10.2. The van der Waals surface area contributed by atoms with Crippen LogP contribution in [0.25, 0.3) is 11.0 Å². The van der Waals surface area contributed by atoms with Gasteiger partial charge in [0.05, 0.1) is 0 Å². The predicted molar refractivity (Wildman–Crippen MR) is 144 cm³/mol. The number of aryl methyl sites for hydroxylation is 1. The van der Waals surface area contributed by atoms with Crippen LogP contribution in [0.4, 0.5) is 5.69 Å². The van der Waals surface area contributed by atoms with Gasteiger partial charge in [0, 0.05) is 24.6 Å². The zero-order valence-electron chi connectivity index (χ0n) is 22.0.